The van der Waals surface area contributed by atoms with Crippen molar-refractivity contribution >= 4 is 29.2 Å². The molecule has 1 heterocycles. The van der Waals surface area contributed by atoms with Gasteiger partial charge in [-0.1, -0.05) is 23.7 Å². The van der Waals surface area contributed by atoms with Gasteiger partial charge in [0, 0.05) is 11.8 Å². The van der Waals surface area contributed by atoms with Crippen LogP contribution in [0.3, 0.4) is 0 Å². The van der Waals surface area contributed by atoms with Crippen molar-refractivity contribution in [3.63, 3.8) is 0 Å². The molecule has 6 nitrogen and oxygen atoms in total. The first kappa shape index (κ1) is 23.9. The number of carbonyl (C=O) groups is 2. The maximum absolute atomic E-state index is 13.7. The number of benzene rings is 2. The van der Waals surface area contributed by atoms with Crippen LogP contribution in [0.2, 0.25) is 5.02 Å². The van der Waals surface area contributed by atoms with Crippen LogP contribution in [0.4, 0.5) is 32.4 Å². The van der Waals surface area contributed by atoms with Crippen molar-refractivity contribution in [1.29, 1.82) is 0 Å². The summed E-state index contributed by atoms with van der Waals surface area (Å²) in [6, 6.07) is 4.73. The predicted molar refractivity (Wildman–Crippen MR) is 109 cm³/mol. The van der Waals surface area contributed by atoms with E-state index in [-0.39, 0.29) is 16.9 Å². The van der Waals surface area contributed by atoms with Gasteiger partial charge in [-0.2, -0.15) is 13.2 Å². The summed E-state index contributed by atoms with van der Waals surface area (Å²) in [5.74, 6) is -4.36. The van der Waals surface area contributed by atoms with E-state index >= 15 is 0 Å². The number of urea groups is 1. The van der Waals surface area contributed by atoms with Gasteiger partial charge < -0.3 is 10.4 Å². The van der Waals surface area contributed by atoms with Crippen LogP contribution in [-0.2, 0) is 6.18 Å². The number of pyridine rings is 1. The number of hydrogen-bond acceptors (Lipinski definition) is 4. The third-order valence-electron chi connectivity index (χ3n) is 4.46. The summed E-state index contributed by atoms with van der Waals surface area (Å²) in [6.07, 6.45) is -4.15. The molecule has 0 fully saturated rings. The Kier molecular flexibility index (Phi) is 6.54. The van der Waals surface area contributed by atoms with Gasteiger partial charge in [0.2, 0.25) is 0 Å². The van der Waals surface area contributed by atoms with Gasteiger partial charge in [0.15, 0.2) is 0 Å². The Balaban J connectivity index is 1.89. The average Bonchev–Trinajstić information content (AvgIpc) is 2.70. The Morgan fingerprint density at radius 3 is 2.30 bits per heavy atom. The predicted octanol–water partition coefficient (Wildman–Crippen LogP) is 5.67. The summed E-state index contributed by atoms with van der Waals surface area (Å²) in [7, 11) is 0. The molecule has 1 aromatic heterocycles. The van der Waals surface area contributed by atoms with Gasteiger partial charge in [0.05, 0.1) is 22.0 Å². The molecule has 0 saturated carbocycles. The molecule has 0 aliphatic carbocycles. The van der Waals surface area contributed by atoms with E-state index in [0.29, 0.717) is 17.8 Å². The molecule has 2 aromatic carbocycles. The Labute approximate surface area is 188 Å². The molecule has 172 valence electrons. The van der Waals surface area contributed by atoms with Crippen LogP contribution in [-0.4, -0.2) is 22.0 Å². The molecule has 3 N–H and O–H groups in total. The number of imide groups is 1. The number of anilines is 1. The molecule has 0 unspecified atom stereocenters. The minimum absolute atomic E-state index is 0.0713. The fraction of sp³-hybridized carbons (Fsp3) is 0.0952. The highest BCUT2D eigenvalue weighted by Crippen LogP contribution is 2.41. The van der Waals surface area contributed by atoms with E-state index in [1.807, 2.05) is 0 Å². The molecule has 0 atom stereocenters. The van der Waals surface area contributed by atoms with E-state index in [1.165, 1.54) is 19.1 Å². The van der Waals surface area contributed by atoms with Crippen molar-refractivity contribution in [1.82, 2.24) is 10.3 Å². The van der Waals surface area contributed by atoms with Crippen LogP contribution in [0, 0.1) is 18.6 Å². The molecule has 0 aliphatic heterocycles. The molecule has 12 heteroatoms. The lowest BCUT2D eigenvalue weighted by Gasteiger charge is -2.15. The number of phenols is 1. The lowest BCUT2D eigenvalue weighted by atomic mass is 10.0. The highest BCUT2D eigenvalue weighted by molar-refractivity contribution is 6.33. The molecule has 3 amide bonds. The van der Waals surface area contributed by atoms with Crippen LogP contribution < -0.4 is 10.6 Å². The standard InChI is InChI=1S/C21H13ClF5N3O3/c1-9-5-6-14(29-20(33)30-19(32)16-12(23)3-2-4-13(16)24)18(31)15(9)17-11(22)7-10(8-28-17)21(25,26)27/h2-8,31H,1H3,(H2,29,30,32,33). The monoisotopic (exact) mass is 485 g/mol. The fourth-order valence-electron chi connectivity index (χ4n) is 2.90. The van der Waals surface area contributed by atoms with Crippen LogP contribution >= 0.6 is 11.6 Å². The van der Waals surface area contributed by atoms with Crippen molar-refractivity contribution in [2.75, 3.05) is 5.32 Å². The number of nitrogens with zero attached hydrogens (tertiary/aromatic N) is 1. The number of alkyl halides is 3. The summed E-state index contributed by atoms with van der Waals surface area (Å²) in [5.41, 5.74) is -2.25. The molecule has 33 heavy (non-hydrogen) atoms. The van der Waals surface area contributed by atoms with Crippen LogP contribution in [0.5, 0.6) is 5.75 Å². The number of halogens is 6. The molecule has 0 aliphatic rings. The van der Waals surface area contributed by atoms with Gasteiger partial charge in [-0.25, -0.2) is 13.6 Å². The van der Waals surface area contributed by atoms with Gasteiger partial charge in [-0.05, 0) is 36.8 Å². The highest BCUT2D eigenvalue weighted by Gasteiger charge is 2.32. The summed E-state index contributed by atoms with van der Waals surface area (Å²) in [5, 5.41) is 14.0. The van der Waals surface area contributed by atoms with Gasteiger partial charge in [-0.15, -0.1) is 0 Å². The van der Waals surface area contributed by atoms with E-state index in [4.69, 9.17) is 11.6 Å². The van der Waals surface area contributed by atoms with Gasteiger partial charge in [0.1, 0.15) is 22.9 Å². The van der Waals surface area contributed by atoms with Crippen molar-refractivity contribution in [3.8, 4) is 17.0 Å². The largest absolute Gasteiger partial charge is 0.505 e. The zero-order chi connectivity index (χ0) is 24.5. The van der Waals surface area contributed by atoms with Gasteiger partial charge >= 0.3 is 12.2 Å². The van der Waals surface area contributed by atoms with E-state index in [2.05, 4.69) is 10.3 Å². The Morgan fingerprint density at radius 2 is 1.73 bits per heavy atom. The number of rotatable bonds is 3. The first-order chi connectivity index (χ1) is 15.4. The summed E-state index contributed by atoms with van der Waals surface area (Å²) in [4.78, 5) is 27.9. The molecule has 0 bridgehead atoms. The van der Waals surface area contributed by atoms with Gasteiger partial charge in [0.25, 0.3) is 5.91 Å². The number of aryl methyl sites for hydroxylation is 1. The lowest BCUT2D eigenvalue weighted by Crippen LogP contribution is -2.35. The van der Waals surface area contributed by atoms with E-state index in [1.54, 1.807) is 5.32 Å². The first-order valence-electron chi connectivity index (χ1n) is 9.02. The zero-order valence-electron chi connectivity index (χ0n) is 16.5. The molecule has 0 saturated heterocycles. The van der Waals surface area contributed by atoms with Crippen molar-refractivity contribution < 1.29 is 36.6 Å². The minimum atomic E-state index is -4.68. The number of amides is 3. The molecular weight excluding hydrogens is 473 g/mol. The van der Waals surface area contributed by atoms with Crippen molar-refractivity contribution in [3.05, 3.63) is 75.9 Å². The van der Waals surface area contributed by atoms with Gasteiger partial charge in [-0.3, -0.25) is 15.1 Å². The maximum Gasteiger partial charge on any atom is 0.417 e. The SMILES string of the molecule is Cc1ccc(NC(=O)NC(=O)c2c(F)cccc2F)c(O)c1-c1ncc(C(F)(F)F)cc1Cl. The van der Waals surface area contributed by atoms with E-state index in [9.17, 15) is 36.6 Å². The molecule has 0 spiro atoms. The number of phenolic OH excluding ortho intramolecular Hbond substituents is 1. The number of carbonyl (C=O) groups excluding carboxylic acids is 2. The topological polar surface area (TPSA) is 91.3 Å². The van der Waals surface area contributed by atoms with E-state index < -0.39 is 51.6 Å². The second-order valence-electron chi connectivity index (χ2n) is 6.71. The quantitative estimate of drug-likeness (QED) is 0.329. The number of aromatic nitrogens is 1. The number of nitrogens with one attached hydrogen (secondary N) is 2. The van der Waals surface area contributed by atoms with Crippen molar-refractivity contribution in [2.45, 2.75) is 13.1 Å². The van der Waals surface area contributed by atoms with E-state index in [0.717, 1.165) is 18.2 Å². The Bertz CT molecular complexity index is 1240. The fourth-order valence-corrected chi connectivity index (χ4v) is 3.16. The lowest BCUT2D eigenvalue weighted by molar-refractivity contribution is -0.137. The van der Waals surface area contributed by atoms with Crippen LogP contribution in [0.15, 0.2) is 42.6 Å². The highest BCUT2D eigenvalue weighted by atomic mass is 35.5. The molecule has 0 radical (unpaired) electrons. The van der Waals surface area contributed by atoms with Crippen LogP contribution in [0.1, 0.15) is 21.5 Å². The summed E-state index contributed by atoms with van der Waals surface area (Å²) < 4.78 is 66.0. The second kappa shape index (κ2) is 9.02. The molecule has 3 rings (SSSR count). The average molecular weight is 486 g/mol. The second-order valence-corrected chi connectivity index (χ2v) is 7.12. The number of hydrogen-bond donors (Lipinski definition) is 3. The van der Waals surface area contributed by atoms with Crippen molar-refractivity contribution in [2.24, 2.45) is 0 Å². The molecule has 3 aromatic rings. The summed E-state index contributed by atoms with van der Waals surface area (Å²) >= 11 is 5.95. The summed E-state index contributed by atoms with van der Waals surface area (Å²) in [6.45, 7) is 1.51. The Hall–Kier alpha value is -3.73. The normalized spacial score (nSPS) is 11.2. The van der Waals surface area contributed by atoms with Crippen LogP contribution in [0.25, 0.3) is 11.3 Å². The zero-order valence-corrected chi connectivity index (χ0v) is 17.3. The number of aromatic hydroxyl groups is 1. The minimum Gasteiger partial charge on any atom is -0.505 e. The third-order valence-corrected chi connectivity index (χ3v) is 4.74. The molecular formula is C21H13ClF5N3O3. The first-order valence-corrected chi connectivity index (χ1v) is 9.40. The third kappa shape index (κ3) is 5.03. The smallest absolute Gasteiger partial charge is 0.417 e. The maximum atomic E-state index is 13.7. The Morgan fingerprint density at radius 1 is 1.09 bits per heavy atom.